The van der Waals surface area contributed by atoms with Crippen molar-refractivity contribution in [3.8, 4) is 22.3 Å². The molecule has 320 valence electrons. The maximum atomic E-state index is 7.05. The van der Waals surface area contributed by atoms with E-state index in [4.69, 9.17) is 4.42 Å². The van der Waals surface area contributed by atoms with Gasteiger partial charge in [-0.2, -0.15) is 0 Å². The van der Waals surface area contributed by atoms with Crippen molar-refractivity contribution in [2.75, 3.05) is 9.80 Å². The third kappa shape index (κ3) is 5.56. The summed E-state index contributed by atoms with van der Waals surface area (Å²) in [5.41, 5.74) is 22.1. The number of benzene rings is 9. The fourth-order valence-electron chi connectivity index (χ4n) is 12.3. The van der Waals surface area contributed by atoms with Crippen molar-refractivity contribution in [2.45, 2.75) is 70.6 Å². The highest BCUT2D eigenvalue weighted by Crippen LogP contribution is 2.54. The van der Waals surface area contributed by atoms with Gasteiger partial charge in [0.1, 0.15) is 11.2 Å². The molecule has 1 aromatic heterocycles. The van der Waals surface area contributed by atoms with Crippen LogP contribution < -0.4 is 9.80 Å². The van der Waals surface area contributed by atoms with Gasteiger partial charge in [-0.15, -0.1) is 0 Å². The zero-order valence-electron chi connectivity index (χ0n) is 38.5. The summed E-state index contributed by atoms with van der Waals surface area (Å²) in [4.78, 5) is 4.87. The van der Waals surface area contributed by atoms with E-state index in [2.05, 4.69) is 233 Å². The molecule has 0 bridgehead atoms. The van der Waals surface area contributed by atoms with Crippen molar-refractivity contribution in [3.63, 3.8) is 0 Å². The van der Waals surface area contributed by atoms with Crippen LogP contribution in [0, 0.1) is 0 Å². The Hall–Kier alpha value is -7.36. The molecule has 1 heterocycles. The van der Waals surface area contributed by atoms with Crippen molar-refractivity contribution in [3.05, 3.63) is 215 Å². The molecule has 0 fully saturated rings. The van der Waals surface area contributed by atoms with Crippen LogP contribution in [-0.4, -0.2) is 0 Å². The van der Waals surface area contributed by atoms with Crippen LogP contribution in [0.15, 0.2) is 186 Å². The molecule has 0 amide bonds. The minimum Gasteiger partial charge on any atom is -0.456 e. The van der Waals surface area contributed by atoms with E-state index in [0.717, 1.165) is 63.2 Å². The van der Waals surface area contributed by atoms with Gasteiger partial charge in [0.15, 0.2) is 0 Å². The minimum absolute atomic E-state index is 0.0559. The second-order valence-electron chi connectivity index (χ2n) is 20.6. The summed E-state index contributed by atoms with van der Waals surface area (Å²) in [7, 11) is 0. The average molecular weight is 853 g/mol. The highest BCUT2D eigenvalue weighted by Gasteiger charge is 2.38. The minimum atomic E-state index is -0.0766. The molecule has 0 unspecified atom stereocenters. The van der Waals surface area contributed by atoms with E-state index >= 15 is 0 Å². The lowest BCUT2D eigenvalue weighted by atomic mass is 9.71. The normalized spacial score (nSPS) is 15.7. The number of nitrogens with zero attached hydrogens (tertiary/aromatic N) is 2. The fraction of sp³-hybridized carbons (Fsp3) is 0.175. The van der Waals surface area contributed by atoms with E-state index in [-0.39, 0.29) is 16.2 Å². The quantitative estimate of drug-likeness (QED) is 0.166. The Balaban J connectivity index is 1.01. The van der Waals surface area contributed by atoms with Gasteiger partial charge in [-0.3, -0.25) is 0 Å². The molecule has 0 radical (unpaired) electrons. The van der Waals surface area contributed by atoms with Gasteiger partial charge in [-0.1, -0.05) is 139 Å². The smallest absolute Gasteiger partial charge is 0.139 e. The standard InChI is InChI=1S/C63H52N2O/c1-61(2)32-31-39-33-46(65(42-19-11-8-12-20-42)44-26-29-56-50(37-44)48-22-14-16-24-54(48)63(56,5)6)34-40-35-52-51-38-45(27-30-57(51)66-60(52)59(61)58(39)40)64(41-17-9-7-10-18-41)43-25-28-55-49(36-43)47-21-13-15-23-53(47)62(55,3)4/h7-30,33-38H,31-32H2,1-6H3. The largest absolute Gasteiger partial charge is 0.456 e. The van der Waals surface area contributed by atoms with E-state index < -0.39 is 0 Å². The molecule has 0 aliphatic heterocycles. The van der Waals surface area contributed by atoms with Crippen LogP contribution in [0.25, 0.3) is 55.0 Å². The van der Waals surface area contributed by atoms with Gasteiger partial charge in [0.05, 0.1) is 0 Å². The number of furan rings is 1. The first-order valence-electron chi connectivity index (χ1n) is 23.6. The van der Waals surface area contributed by atoms with Crippen LogP contribution in [0.2, 0.25) is 0 Å². The molecule has 0 atom stereocenters. The maximum Gasteiger partial charge on any atom is 0.139 e. The lowest BCUT2D eigenvalue weighted by molar-refractivity contribution is 0.471. The third-order valence-corrected chi connectivity index (χ3v) is 15.6. The van der Waals surface area contributed by atoms with Gasteiger partial charge in [0, 0.05) is 61.3 Å². The van der Waals surface area contributed by atoms with Gasteiger partial charge < -0.3 is 14.2 Å². The van der Waals surface area contributed by atoms with Crippen LogP contribution in [-0.2, 0) is 22.7 Å². The highest BCUT2D eigenvalue weighted by atomic mass is 16.3. The molecule has 0 saturated heterocycles. The summed E-state index contributed by atoms with van der Waals surface area (Å²) in [5, 5.41) is 4.88. The van der Waals surface area contributed by atoms with Crippen molar-refractivity contribution >= 4 is 66.8 Å². The molecule has 0 spiro atoms. The Morgan fingerprint density at radius 1 is 0.409 bits per heavy atom. The molecule has 3 nitrogen and oxygen atoms in total. The summed E-state index contributed by atoms with van der Waals surface area (Å²) >= 11 is 0. The summed E-state index contributed by atoms with van der Waals surface area (Å²) in [6.45, 7) is 14.2. The summed E-state index contributed by atoms with van der Waals surface area (Å²) in [6, 6.07) is 67.8. The van der Waals surface area contributed by atoms with Crippen LogP contribution in [0.5, 0.6) is 0 Å². The Kier molecular flexibility index (Phi) is 8.18. The highest BCUT2D eigenvalue weighted by molar-refractivity contribution is 6.15. The second-order valence-corrected chi connectivity index (χ2v) is 20.6. The molecule has 3 aliphatic carbocycles. The summed E-state index contributed by atoms with van der Waals surface area (Å²) < 4.78 is 7.05. The molecule has 13 rings (SSSR count). The maximum absolute atomic E-state index is 7.05. The zero-order chi connectivity index (χ0) is 44.7. The van der Waals surface area contributed by atoms with Crippen LogP contribution >= 0.6 is 0 Å². The van der Waals surface area contributed by atoms with Crippen LogP contribution in [0.4, 0.5) is 34.1 Å². The second kappa shape index (κ2) is 13.8. The Labute approximate surface area is 387 Å². The van der Waals surface area contributed by atoms with Crippen molar-refractivity contribution < 1.29 is 4.42 Å². The van der Waals surface area contributed by atoms with Crippen molar-refractivity contribution in [2.24, 2.45) is 0 Å². The SMILES string of the molecule is CC1(C)CCc2cc(N(c3ccccc3)c3ccc4c(c3)-c3ccccc3C4(C)C)cc3cc4c(oc5ccc(N(c6ccccc6)c6ccc7c(c6)-c6ccccc6C7(C)C)cc54)c1c23. The number of fused-ring (bicyclic) bond motifs is 10. The molecule has 0 N–H and O–H groups in total. The first-order chi connectivity index (χ1) is 32.0. The molecule has 3 aliphatic rings. The number of anilines is 6. The average Bonchev–Trinajstić information content (AvgIpc) is 3.89. The molecule has 66 heavy (non-hydrogen) atoms. The van der Waals surface area contributed by atoms with E-state index in [1.807, 2.05) is 0 Å². The first-order valence-corrected chi connectivity index (χ1v) is 23.6. The van der Waals surface area contributed by atoms with E-state index in [0.29, 0.717) is 0 Å². The molecule has 9 aromatic carbocycles. The Morgan fingerprint density at radius 2 is 0.909 bits per heavy atom. The lowest BCUT2D eigenvalue weighted by Crippen LogP contribution is -2.23. The van der Waals surface area contributed by atoms with Crippen molar-refractivity contribution in [1.29, 1.82) is 0 Å². The van der Waals surface area contributed by atoms with Gasteiger partial charge in [0.25, 0.3) is 0 Å². The Morgan fingerprint density at radius 3 is 1.50 bits per heavy atom. The van der Waals surface area contributed by atoms with Gasteiger partial charge in [-0.05, 0) is 164 Å². The zero-order valence-corrected chi connectivity index (χ0v) is 38.5. The third-order valence-electron chi connectivity index (χ3n) is 15.6. The number of para-hydroxylation sites is 2. The summed E-state index contributed by atoms with van der Waals surface area (Å²) in [6.07, 6.45) is 2.04. The molecular weight excluding hydrogens is 801 g/mol. The van der Waals surface area contributed by atoms with Crippen molar-refractivity contribution in [1.82, 2.24) is 0 Å². The van der Waals surface area contributed by atoms with E-state index in [1.54, 1.807) is 0 Å². The number of aryl methyl sites for hydroxylation is 1. The summed E-state index contributed by atoms with van der Waals surface area (Å²) in [5.74, 6) is 0. The topological polar surface area (TPSA) is 19.6 Å². The van der Waals surface area contributed by atoms with Gasteiger partial charge in [-0.25, -0.2) is 0 Å². The number of hydrogen-bond donors (Lipinski definition) is 0. The van der Waals surface area contributed by atoms with E-state index in [1.165, 1.54) is 72.1 Å². The lowest BCUT2D eigenvalue weighted by Gasteiger charge is -2.34. The molecule has 10 aromatic rings. The number of rotatable bonds is 6. The number of hydrogen-bond acceptors (Lipinski definition) is 3. The van der Waals surface area contributed by atoms with E-state index in [9.17, 15) is 0 Å². The molecule has 0 saturated carbocycles. The van der Waals surface area contributed by atoms with Gasteiger partial charge >= 0.3 is 0 Å². The van der Waals surface area contributed by atoms with Crippen LogP contribution in [0.1, 0.15) is 81.3 Å². The first kappa shape index (κ1) is 39.0. The molecular formula is C63H52N2O. The van der Waals surface area contributed by atoms with Crippen LogP contribution in [0.3, 0.4) is 0 Å². The predicted octanol–water partition coefficient (Wildman–Crippen LogP) is 17.5. The van der Waals surface area contributed by atoms with Gasteiger partial charge in [0.2, 0.25) is 0 Å². The monoisotopic (exact) mass is 852 g/mol. The fourth-order valence-corrected chi connectivity index (χ4v) is 12.3. The molecule has 3 heteroatoms. The predicted molar refractivity (Wildman–Crippen MR) is 277 cm³/mol. The Bertz CT molecular complexity index is 3630.